The van der Waals surface area contributed by atoms with E-state index < -0.39 is 0 Å². The second-order valence-corrected chi connectivity index (χ2v) is 9.98. The maximum absolute atomic E-state index is 13.2. The molecule has 7 nitrogen and oxygen atoms in total. The first-order chi connectivity index (χ1) is 17.1. The van der Waals surface area contributed by atoms with Gasteiger partial charge in [0.25, 0.3) is 0 Å². The molecule has 2 fully saturated rings. The number of para-hydroxylation sites is 1. The highest BCUT2D eigenvalue weighted by atomic mass is 16.6. The van der Waals surface area contributed by atoms with Crippen molar-refractivity contribution in [2.75, 3.05) is 44.2 Å². The smallest absolute Gasteiger partial charge is 0.409 e. The number of hydrogen-bond donors (Lipinski definition) is 1. The van der Waals surface area contributed by atoms with Crippen LogP contribution in [0.25, 0.3) is 0 Å². The number of carbonyl (C=O) groups is 2. The molecule has 0 aliphatic carbocycles. The highest BCUT2D eigenvalue weighted by Gasteiger charge is 2.47. The van der Waals surface area contributed by atoms with Crippen LogP contribution < -0.4 is 10.2 Å². The van der Waals surface area contributed by atoms with Gasteiger partial charge in [-0.05, 0) is 62.9 Å². The largest absolute Gasteiger partial charge is 0.450 e. The lowest BCUT2D eigenvalue weighted by Gasteiger charge is -2.45. The van der Waals surface area contributed by atoms with Gasteiger partial charge in [-0.25, -0.2) is 9.59 Å². The second kappa shape index (κ2) is 10.3. The molecular weight excluding hydrogens is 440 g/mol. The molecule has 3 aliphatic rings. The quantitative estimate of drug-likeness (QED) is 0.712. The van der Waals surface area contributed by atoms with Crippen molar-refractivity contribution in [3.8, 4) is 0 Å². The number of rotatable bonds is 4. The summed E-state index contributed by atoms with van der Waals surface area (Å²) in [4.78, 5) is 31.6. The lowest BCUT2D eigenvalue weighted by Crippen LogP contribution is -2.53. The van der Waals surface area contributed by atoms with Gasteiger partial charge in [-0.2, -0.15) is 0 Å². The number of benzene rings is 2. The minimum Gasteiger partial charge on any atom is -0.450 e. The Morgan fingerprint density at radius 2 is 1.66 bits per heavy atom. The molecule has 35 heavy (non-hydrogen) atoms. The summed E-state index contributed by atoms with van der Waals surface area (Å²) in [7, 11) is 0. The Kier molecular flexibility index (Phi) is 6.95. The summed E-state index contributed by atoms with van der Waals surface area (Å²) in [6.07, 6.45) is 3.90. The minimum atomic E-state index is -0.184. The zero-order chi connectivity index (χ0) is 24.3. The number of fused-ring (bicyclic) bond motifs is 2. The third kappa shape index (κ3) is 4.87. The molecule has 2 aromatic rings. The second-order valence-electron chi connectivity index (χ2n) is 9.98. The molecule has 3 amide bonds. The summed E-state index contributed by atoms with van der Waals surface area (Å²) >= 11 is 0. The zero-order valence-corrected chi connectivity index (χ0v) is 20.6. The molecule has 7 heteroatoms. The molecule has 0 saturated carbocycles. The summed E-state index contributed by atoms with van der Waals surface area (Å²) in [6, 6.07) is 19.0. The van der Waals surface area contributed by atoms with Gasteiger partial charge in [0, 0.05) is 43.3 Å². The minimum absolute atomic E-state index is 0.0167. The van der Waals surface area contributed by atoms with E-state index in [9.17, 15) is 9.59 Å². The van der Waals surface area contributed by atoms with E-state index in [2.05, 4.69) is 28.4 Å². The average molecular weight is 477 g/mol. The van der Waals surface area contributed by atoms with Crippen LogP contribution in [0.1, 0.15) is 43.7 Å². The maximum atomic E-state index is 13.2. The van der Waals surface area contributed by atoms with E-state index in [1.165, 1.54) is 5.56 Å². The van der Waals surface area contributed by atoms with Crippen LogP contribution in [0, 0.1) is 0 Å². The Hall–Kier alpha value is -3.06. The number of hydrogen-bond acceptors (Lipinski definition) is 4. The van der Waals surface area contributed by atoms with Gasteiger partial charge in [-0.1, -0.05) is 48.5 Å². The van der Waals surface area contributed by atoms with Crippen molar-refractivity contribution < 1.29 is 14.3 Å². The number of nitrogens with zero attached hydrogens (tertiary/aromatic N) is 3. The molecule has 1 spiro atoms. The Morgan fingerprint density at radius 1 is 0.971 bits per heavy atom. The van der Waals surface area contributed by atoms with Crippen LogP contribution in [-0.2, 0) is 16.7 Å². The fourth-order valence-electron chi connectivity index (χ4n) is 6.05. The van der Waals surface area contributed by atoms with Crippen LogP contribution in [-0.4, -0.2) is 67.3 Å². The summed E-state index contributed by atoms with van der Waals surface area (Å²) in [6.45, 7) is 7.13. The molecule has 1 N–H and O–H groups in total. The van der Waals surface area contributed by atoms with Crippen molar-refractivity contribution in [1.29, 1.82) is 0 Å². The predicted molar refractivity (Wildman–Crippen MR) is 137 cm³/mol. The van der Waals surface area contributed by atoms with Crippen molar-refractivity contribution >= 4 is 17.8 Å². The van der Waals surface area contributed by atoms with E-state index in [-0.39, 0.29) is 17.5 Å². The molecule has 0 unspecified atom stereocenters. The summed E-state index contributed by atoms with van der Waals surface area (Å²) in [5, 5.41) is 3.12. The number of piperidine rings is 2. The lowest BCUT2D eigenvalue weighted by atomic mass is 9.74. The first-order valence-corrected chi connectivity index (χ1v) is 12.9. The number of urea groups is 1. The van der Waals surface area contributed by atoms with Crippen LogP contribution in [0.15, 0.2) is 54.6 Å². The first kappa shape index (κ1) is 23.7. The molecule has 3 heterocycles. The number of likely N-dealkylation sites (tertiary alicyclic amines) is 2. The van der Waals surface area contributed by atoms with Gasteiger partial charge in [0.1, 0.15) is 0 Å². The molecule has 3 aliphatic heterocycles. The topological polar surface area (TPSA) is 65.1 Å². The monoisotopic (exact) mass is 476 g/mol. The highest BCUT2D eigenvalue weighted by Crippen LogP contribution is 2.47. The first-order valence-electron chi connectivity index (χ1n) is 12.9. The van der Waals surface area contributed by atoms with Crippen molar-refractivity contribution in [2.24, 2.45) is 0 Å². The third-order valence-corrected chi connectivity index (χ3v) is 8.02. The van der Waals surface area contributed by atoms with Gasteiger partial charge in [0.05, 0.1) is 6.61 Å². The third-order valence-electron chi connectivity index (χ3n) is 8.02. The Balaban J connectivity index is 1.21. The molecule has 0 aromatic heterocycles. The zero-order valence-electron chi connectivity index (χ0n) is 20.6. The molecule has 0 radical (unpaired) electrons. The molecule has 186 valence electrons. The standard InChI is InChI=1S/C28H36N4O3/c1-2-35-27(34)31-16-12-23(13-17-31)30-18-14-28(15-19-30)21-32(25-11-7-6-10-24(25)28)26(33)29-20-22-8-4-3-5-9-22/h3-11,23H,2,12-21H2,1H3,(H,29,33). The van der Waals surface area contributed by atoms with Crippen LogP contribution >= 0.6 is 0 Å². The van der Waals surface area contributed by atoms with Crippen LogP contribution in [0.4, 0.5) is 15.3 Å². The molecule has 2 saturated heterocycles. The SMILES string of the molecule is CCOC(=O)N1CCC(N2CCC3(CC2)CN(C(=O)NCc2ccccc2)c2ccccc23)CC1. The van der Waals surface area contributed by atoms with Crippen molar-refractivity contribution in [3.63, 3.8) is 0 Å². The van der Waals surface area contributed by atoms with E-state index in [0.717, 1.165) is 69.7 Å². The van der Waals surface area contributed by atoms with Crippen LogP contribution in [0.5, 0.6) is 0 Å². The normalized spacial score (nSPS) is 20.0. The summed E-state index contributed by atoms with van der Waals surface area (Å²) < 4.78 is 5.17. The van der Waals surface area contributed by atoms with E-state index in [0.29, 0.717) is 19.2 Å². The number of anilines is 1. The summed E-state index contributed by atoms with van der Waals surface area (Å²) in [5.41, 5.74) is 3.48. The fourth-order valence-corrected chi connectivity index (χ4v) is 6.05. The molecule has 0 bridgehead atoms. The number of nitrogens with one attached hydrogen (secondary N) is 1. The average Bonchev–Trinajstić information content (AvgIpc) is 3.22. The number of carbonyl (C=O) groups excluding carboxylic acids is 2. The van der Waals surface area contributed by atoms with E-state index in [4.69, 9.17) is 4.74 Å². The van der Waals surface area contributed by atoms with Gasteiger partial charge in [0.2, 0.25) is 0 Å². The van der Waals surface area contributed by atoms with Gasteiger partial charge in [0.15, 0.2) is 0 Å². The van der Waals surface area contributed by atoms with E-state index in [1.54, 1.807) is 0 Å². The van der Waals surface area contributed by atoms with Gasteiger partial charge < -0.3 is 19.9 Å². The Bertz CT molecular complexity index is 1030. The molecule has 0 atom stereocenters. The number of amides is 3. The van der Waals surface area contributed by atoms with Crippen molar-refractivity contribution in [2.45, 2.75) is 50.6 Å². The molecular formula is C28H36N4O3. The van der Waals surface area contributed by atoms with Crippen molar-refractivity contribution in [3.05, 3.63) is 65.7 Å². The van der Waals surface area contributed by atoms with Crippen molar-refractivity contribution in [1.82, 2.24) is 15.1 Å². The Labute approximate surface area is 208 Å². The molecule has 2 aromatic carbocycles. The van der Waals surface area contributed by atoms with Crippen LogP contribution in [0.2, 0.25) is 0 Å². The highest BCUT2D eigenvalue weighted by molar-refractivity contribution is 5.95. The van der Waals surface area contributed by atoms with Gasteiger partial charge in [-0.15, -0.1) is 0 Å². The van der Waals surface area contributed by atoms with Gasteiger partial charge >= 0.3 is 12.1 Å². The number of ether oxygens (including phenoxy) is 1. The predicted octanol–water partition coefficient (Wildman–Crippen LogP) is 4.37. The van der Waals surface area contributed by atoms with E-state index in [1.807, 2.05) is 53.1 Å². The van der Waals surface area contributed by atoms with E-state index >= 15 is 0 Å². The van der Waals surface area contributed by atoms with Gasteiger partial charge in [-0.3, -0.25) is 4.90 Å². The maximum Gasteiger partial charge on any atom is 0.409 e. The Morgan fingerprint density at radius 3 is 2.37 bits per heavy atom. The lowest BCUT2D eigenvalue weighted by molar-refractivity contribution is 0.0580. The fraction of sp³-hybridized carbons (Fsp3) is 0.500. The summed E-state index contributed by atoms with van der Waals surface area (Å²) in [5.74, 6) is 0. The van der Waals surface area contributed by atoms with Crippen LogP contribution in [0.3, 0.4) is 0 Å². The molecule has 5 rings (SSSR count).